The van der Waals surface area contributed by atoms with E-state index in [1.54, 1.807) is 0 Å². The Kier molecular flexibility index (Phi) is 6.84. The van der Waals surface area contributed by atoms with E-state index in [0.29, 0.717) is 0 Å². The van der Waals surface area contributed by atoms with Crippen LogP contribution in [-0.2, 0) is 19.6 Å². The Morgan fingerprint density at radius 2 is 1.90 bits per heavy atom. The lowest BCUT2D eigenvalue weighted by molar-refractivity contribution is -0.384. The maximum Gasteiger partial charge on any atom is 0.338 e. The molecule has 160 valence electrons. The fraction of sp³-hybridized carbons (Fsp3) is 0.176. The van der Waals surface area contributed by atoms with Gasteiger partial charge in [0.05, 0.1) is 28.3 Å². The molecule has 0 spiro atoms. The maximum atomic E-state index is 12.8. The minimum absolute atomic E-state index is 0.0196. The highest BCUT2D eigenvalue weighted by Crippen LogP contribution is 2.32. The standard InChI is InChI=1S/C17H16ClN3O8S/c1-9(16(19)22)29-17(23)10-3-5-12(18)15(7-10)30(26,27)20-13-8-11(21(24)25)4-6-14(13)28-2/h3-9,20H,1-2H3,(H2,19,22). The molecule has 0 fully saturated rings. The minimum Gasteiger partial charge on any atom is -0.495 e. The number of non-ortho nitro benzene ring substituents is 1. The number of benzene rings is 2. The van der Waals surface area contributed by atoms with Gasteiger partial charge in [-0.1, -0.05) is 11.6 Å². The SMILES string of the molecule is COc1ccc([N+](=O)[O-])cc1NS(=O)(=O)c1cc(C(=O)OC(C)C(N)=O)ccc1Cl. The van der Waals surface area contributed by atoms with E-state index in [1.165, 1.54) is 26.2 Å². The Bertz CT molecular complexity index is 1120. The van der Waals surface area contributed by atoms with Crippen molar-refractivity contribution in [3.63, 3.8) is 0 Å². The number of nitro benzene ring substituents is 1. The van der Waals surface area contributed by atoms with E-state index in [2.05, 4.69) is 4.72 Å². The maximum absolute atomic E-state index is 12.8. The number of carbonyl (C=O) groups excluding carboxylic acids is 2. The number of rotatable bonds is 8. The number of primary amides is 1. The number of nitrogens with one attached hydrogen (secondary N) is 1. The number of nitrogens with zero attached hydrogens (tertiary/aromatic N) is 1. The number of nitro groups is 1. The van der Waals surface area contributed by atoms with Gasteiger partial charge in [-0.3, -0.25) is 19.6 Å². The molecular formula is C17H16ClN3O8S. The summed E-state index contributed by atoms with van der Waals surface area (Å²) in [6.07, 6.45) is -1.24. The van der Waals surface area contributed by atoms with E-state index < -0.39 is 37.8 Å². The first-order chi connectivity index (χ1) is 14.0. The molecule has 0 aliphatic rings. The van der Waals surface area contributed by atoms with E-state index in [4.69, 9.17) is 26.8 Å². The van der Waals surface area contributed by atoms with Gasteiger partial charge in [0.25, 0.3) is 21.6 Å². The molecule has 3 N–H and O–H groups in total. The quantitative estimate of drug-likeness (QED) is 0.345. The van der Waals surface area contributed by atoms with E-state index in [-0.39, 0.29) is 27.7 Å². The lowest BCUT2D eigenvalue weighted by atomic mass is 10.2. The summed E-state index contributed by atoms with van der Waals surface area (Å²) in [6, 6.07) is 6.61. The van der Waals surface area contributed by atoms with Gasteiger partial charge in [0.15, 0.2) is 6.10 Å². The van der Waals surface area contributed by atoms with Crippen LogP contribution in [0.2, 0.25) is 5.02 Å². The smallest absolute Gasteiger partial charge is 0.338 e. The first kappa shape index (κ1) is 22.9. The molecule has 1 atom stereocenters. The molecule has 0 heterocycles. The van der Waals surface area contributed by atoms with Gasteiger partial charge in [-0.15, -0.1) is 0 Å². The molecule has 1 unspecified atom stereocenters. The zero-order valence-corrected chi connectivity index (χ0v) is 17.2. The van der Waals surface area contributed by atoms with Crippen molar-refractivity contribution in [1.82, 2.24) is 0 Å². The van der Waals surface area contributed by atoms with Crippen molar-refractivity contribution in [1.29, 1.82) is 0 Å². The van der Waals surface area contributed by atoms with Crippen molar-refractivity contribution in [2.24, 2.45) is 5.73 Å². The zero-order valence-electron chi connectivity index (χ0n) is 15.6. The van der Waals surface area contributed by atoms with Crippen LogP contribution in [0.5, 0.6) is 5.75 Å². The molecule has 13 heteroatoms. The number of hydrogen-bond acceptors (Lipinski definition) is 8. The molecule has 30 heavy (non-hydrogen) atoms. The van der Waals surface area contributed by atoms with Gasteiger partial charge in [-0.2, -0.15) is 0 Å². The summed E-state index contributed by atoms with van der Waals surface area (Å²) in [5.41, 5.74) is 4.23. The average Bonchev–Trinajstić information content (AvgIpc) is 2.67. The molecule has 11 nitrogen and oxygen atoms in total. The second kappa shape index (κ2) is 8.97. The first-order valence-corrected chi connectivity index (χ1v) is 9.97. The predicted molar refractivity (Wildman–Crippen MR) is 106 cm³/mol. The molecule has 2 rings (SSSR count). The Morgan fingerprint density at radius 1 is 1.23 bits per heavy atom. The lowest BCUT2D eigenvalue weighted by Gasteiger charge is -2.14. The summed E-state index contributed by atoms with van der Waals surface area (Å²) in [6.45, 7) is 1.25. The van der Waals surface area contributed by atoms with Crippen LogP contribution in [0.4, 0.5) is 11.4 Å². The fourth-order valence-electron chi connectivity index (χ4n) is 2.21. The van der Waals surface area contributed by atoms with Crippen LogP contribution in [0, 0.1) is 10.1 Å². The molecule has 2 aromatic carbocycles. The molecule has 0 aromatic heterocycles. The van der Waals surface area contributed by atoms with Crippen LogP contribution >= 0.6 is 11.6 Å². The Hall–Kier alpha value is -3.38. The van der Waals surface area contributed by atoms with Crippen LogP contribution in [0.1, 0.15) is 17.3 Å². The Labute approximate surface area is 175 Å². The van der Waals surface area contributed by atoms with Crippen molar-refractivity contribution < 1.29 is 32.4 Å². The predicted octanol–water partition coefficient (Wildman–Crippen LogP) is 2.09. The van der Waals surface area contributed by atoms with Crippen molar-refractivity contribution in [3.05, 3.63) is 57.1 Å². The highest BCUT2D eigenvalue weighted by Gasteiger charge is 2.24. The molecule has 0 aliphatic heterocycles. The van der Waals surface area contributed by atoms with E-state index in [9.17, 15) is 28.1 Å². The number of halogens is 1. The van der Waals surface area contributed by atoms with Gasteiger partial charge in [-0.25, -0.2) is 13.2 Å². The molecule has 1 amide bonds. The number of esters is 1. The monoisotopic (exact) mass is 457 g/mol. The number of amides is 1. The van der Waals surface area contributed by atoms with Gasteiger partial charge in [0, 0.05) is 12.1 Å². The second-order valence-corrected chi connectivity index (χ2v) is 7.90. The third-order valence-corrected chi connectivity index (χ3v) is 5.63. The van der Waals surface area contributed by atoms with Crippen LogP contribution in [0.25, 0.3) is 0 Å². The van der Waals surface area contributed by atoms with Crippen molar-refractivity contribution in [2.75, 3.05) is 11.8 Å². The third kappa shape index (κ3) is 5.15. The number of sulfonamides is 1. The molecule has 2 aromatic rings. The fourth-order valence-corrected chi connectivity index (χ4v) is 3.80. The van der Waals surface area contributed by atoms with Gasteiger partial charge >= 0.3 is 5.97 Å². The number of anilines is 1. The Balaban J connectivity index is 2.43. The molecule has 0 aliphatic carbocycles. The minimum atomic E-state index is -4.40. The molecule has 0 saturated heterocycles. The van der Waals surface area contributed by atoms with Crippen molar-refractivity contribution in [2.45, 2.75) is 17.9 Å². The topological polar surface area (TPSA) is 168 Å². The van der Waals surface area contributed by atoms with E-state index >= 15 is 0 Å². The number of ether oxygens (including phenoxy) is 2. The second-order valence-electron chi connectivity index (χ2n) is 5.84. The highest BCUT2D eigenvalue weighted by molar-refractivity contribution is 7.92. The number of hydrogen-bond donors (Lipinski definition) is 2. The molecular weight excluding hydrogens is 442 g/mol. The molecule has 0 radical (unpaired) electrons. The largest absolute Gasteiger partial charge is 0.495 e. The molecule has 0 saturated carbocycles. The summed E-state index contributed by atoms with van der Waals surface area (Å²) in [5.74, 6) is -1.86. The normalized spacial score (nSPS) is 12.0. The van der Waals surface area contributed by atoms with Crippen LogP contribution < -0.4 is 15.2 Å². The summed E-state index contributed by atoms with van der Waals surface area (Å²) in [7, 11) is -3.15. The lowest BCUT2D eigenvalue weighted by Crippen LogP contribution is -2.30. The first-order valence-electron chi connectivity index (χ1n) is 8.11. The van der Waals surface area contributed by atoms with E-state index in [0.717, 1.165) is 24.3 Å². The van der Waals surface area contributed by atoms with Crippen molar-refractivity contribution in [3.8, 4) is 5.75 Å². The van der Waals surface area contributed by atoms with Gasteiger partial charge in [0.2, 0.25) is 0 Å². The highest BCUT2D eigenvalue weighted by atomic mass is 35.5. The van der Waals surface area contributed by atoms with Crippen LogP contribution in [0.3, 0.4) is 0 Å². The summed E-state index contributed by atoms with van der Waals surface area (Å²) < 4.78 is 37.7. The number of methoxy groups -OCH3 is 1. The van der Waals surface area contributed by atoms with Crippen molar-refractivity contribution >= 4 is 44.9 Å². The molecule has 0 bridgehead atoms. The number of carbonyl (C=O) groups is 2. The summed E-state index contributed by atoms with van der Waals surface area (Å²) >= 11 is 5.98. The van der Waals surface area contributed by atoms with Gasteiger partial charge in [0.1, 0.15) is 10.6 Å². The van der Waals surface area contributed by atoms with Gasteiger partial charge in [-0.05, 0) is 31.2 Å². The Morgan fingerprint density at radius 3 is 2.47 bits per heavy atom. The summed E-state index contributed by atoms with van der Waals surface area (Å²) in [4.78, 5) is 33.0. The zero-order chi connectivity index (χ0) is 22.6. The number of nitrogens with two attached hydrogens (primary N) is 1. The van der Waals surface area contributed by atoms with E-state index in [1.807, 2.05) is 0 Å². The summed E-state index contributed by atoms with van der Waals surface area (Å²) in [5, 5.41) is 10.8. The van der Waals surface area contributed by atoms with Gasteiger partial charge < -0.3 is 15.2 Å². The third-order valence-electron chi connectivity index (χ3n) is 3.78. The van der Waals surface area contributed by atoms with Crippen LogP contribution in [-0.4, -0.2) is 38.4 Å². The average molecular weight is 458 g/mol. The van der Waals surface area contributed by atoms with Crippen LogP contribution in [0.15, 0.2) is 41.3 Å².